The zero-order valence-electron chi connectivity index (χ0n) is 14.8. The molecule has 7 heteroatoms. The maximum absolute atomic E-state index is 12.5. The van der Waals surface area contributed by atoms with Crippen LogP contribution in [0.5, 0.6) is 0 Å². The molecule has 0 saturated heterocycles. The number of aromatic nitrogens is 1. The molecular weight excluding hydrogens is 346 g/mol. The van der Waals surface area contributed by atoms with Gasteiger partial charge in [-0.3, -0.25) is 19.7 Å². The second kappa shape index (κ2) is 7.25. The van der Waals surface area contributed by atoms with Crippen LogP contribution in [0.25, 0.3) is 11.3 Å². The van der Waals surface area contributed by atoms with Crippen molar-refractivity contribution in [3.8, 4) is 11.3 Å². The standard InChI is InChI=1S/C20H17N3O4/c1-12-3-6-14(7-4-12)17-10-9-16(19(24)21-17)20(25)22-18-11-15(23(26)27)8-5-13(18)2/h3-11H,1-2H3,(H,21,24)(H,22,25). The molecule has 0 saturated carbocycles. The van der Waals surface area contributed by atoms with Crippen LogP contribution in [0.3, 0.4) is 0 Å². The summed E-state index contributed by atoms with van der Waals surface area (Å²) < 4.78 is 0. The molecule has 3 aromatic rings. The summed E-state index contributed by atoms with van der Waals surface area (Å²) in [6.45, 7) is 3.68. The van der Waals surface area contributed by atoms with Crippen molar-refractivity contribution >= 4 is 17.3 Å². The fourth-order valence-electron chi connectivity index (χ4n) is 2.60. The number of non-ortho nitro benzene ring substituents is 1. The normalized spacial score (nSPS) is 10.4. The van der Waals surface area contributed by atoms with E-state index in [9.17, 15) is 19.7 Å². The number of aromatic amines is 1. The number of rotatable bonds is 4. The fraction of sp³-hybridized carbons (Fsp3) is 0.100. The maximum atomic E-state index is 12.5. The molecule has 1 aromatic heterocycles. The van der Waals surface area contributed by atoms with Crippen molar-refractivity contribution in [2.24, 2.45) is 0 Å². The fourth-order valence-corrected chi connectivity index (χ4v) is 2.60. The van der Waals surface area contributed by atoms with E-state index in [2.05, 4.69) is 10.3 Å². The first kappa shape index (κ1) is 18.1. The van der Waals surface area contributed by atoms with Gasteiger partial charge in [0.15, 0.2) is 0 Å². The zero-order valence-corrected chi connectivity index (χ0v) is 14.8. The molecule has 2 aromatic carbocycles. The van der Waals surface area contributed by atoms with E-state index >= 15 is 0 Å². The molecule has 0 aliphatic heterocycles. The highest BCUT2D eigenvalue weighted by Crippen LogP contribution is 2.22. The van der Waals surface area contributed by atoms with Gasteiger partial charge in [-0.25, -0.2) is 0 Å². The van der Waals surface area contributed by atoms with E-state index in [1.165, 1.54) is 18.2 Å². The monoisotopic (exact) mass is 363 g/mol. The molecule has 0 atom stereocenters. The Morgan fingerprint density at radius 2 is 1.74 bits per heavy atom. The number of hydrogen-bond acceptors (Lipinski definition) is 4. The number of nitro benzene ring substituents is 1. The Balaban J connectivity index is 1.88. The lowest BCUT2D eigenvalue weighted by Gasteiger charge is -2.09. The van der Waals surface area contributed by atoms with E-state index < -0.39 is 16.4 Å². The molecular formula is C20H17N3O4. The molecule has 7 nitrogen and oxygen atoms in total. The van der Waals surface area contributed by atoms with Crippen LogP contribution in [0.2, 0.25) is 0 Å². The Labute approximate surface area is 154 Å². The van der Waals surface area contributed by atoms with Crippen molar-refractivity contribution in [3.63, 3.8) is 0 Å². The van der Waals surface area contributed by atoms with Crippen LogP contribution in [0, 0.1) is 24.0 Å². The highest BCUT2D eigenvalue weighted by Gasteiger charge is 2.15. The zero-order chi connectivity index (χ0) is 19.6. The maximum Gasteiger partial charge on any atom is 0.271 e. The number of aryl methyl sites for hydroxylation is 2. The van der Waals surface area contributed by atoms with Crippen LogP contribution >= 0.6 is 0 Å². The van der Waals surface area contributed by atoms with Gasteiger partial charge in [0.25, 0.3) is 17.2 Å². The van der Waals surface area contributed by atoms with Gasteiger partial charge in [-0.2, -0.15) is 0 Å². The van der Waals surface area contributed by atoms with Gasteiger partial charge in [0, 0.05) is 17.8 Å². The van der Waals surface area contributed by atoms with Gasteiger partial charge in [-0.05, 0) is 37.1 Å². The summed E-state index contributed by atoms with van der Waals surface area (Å²) in [5.41, 5.74) is 2.73. The summed E-state index contributed by atoms with van der Waals surface area (Å²) in [7, 11) is 0. The van der Waals surface area contributed by atoms with Crippen LogP contribution in [0.15, 0.2) is 59.4 Å². The van der Waals surface area contributed by atoms with Gasteiger partial charge in [0.05, 0.1) is 10.6 Å². The average molecular weight is 363 g/mol. The Hall–Kier alpha value is -3.74. The summed E-state index contributed by atoms with van der Waals surface area (Å²) in [5.74, 6) is -0.629. The molecule has 0 fully saturated rings. The third-order valence-corrected chi connectivity index (χ3v) is 4.20. The molecule has 2 N–H and O–H groups in total. The van der Waals surface area contributed by atoms with Gasteiger partial charge in [-0.15, -0.1) is 0 Å². The number of pyridine rings is 1. The Kier molecular flexibility index (Phi) is 4.85. The van der Waals surface area contributed by atoms with Crippen molar-refractivity contribution in [2.45, 2.75) is 13.8 Å². The van der Waals surface area contributed by atoms with Gasteiger partial charge < -0.3 is 10.3 Å². The van der Waals surface area contributed by atoms with Crippen LogP contribution in [0.4, 0.5) is 11.4 Å². The van der Waals surface area contributed by atoms with Gasteiger partial charge in [-0.1, -0.05) is 35.9 Å². The highest BCUT2D eigenvalue weighted by molar-refractivity contribution is 6.04. The number of H-pyrrole nitrogens is 1. The minimum Gasteiger partial charge on any atom is -0.321 e. The summed E-state index contributed by atoms with van der Waals surface area (Å²) in [5, 5.41) is 13.5. The van der Waals surface area contributed by atoms with Crippen molar-refractivity contribution in [2.75, 3.05) is 5.32 Å². The minimum absolute atomic E-state index is 0.0724. The lowest BCUT2D eigenvalue weighted by atomic mass is 10.1. The minimum atomic E-state index is -0.629. The second-order valence-corrected chi connectivity index (χ2v) is 6.19. The van der Waals surface area contributed by atoms with Gasteiger partial charge >= 0.3 is 0 Å². The van der Waals surface area contributed by atoms with E-state index in [0.717, 1.165) is 11.1 Å². The molecule has 0 aliphatic rings. The molecule has 27 heavy (non-hydrogen) atoms. The molecule has 0 aliphatic carbocycles. The predicted octanol–water partition coefficient (Wildman–Crippen LogP) is 3.82. The summed E-state index contributed by atoms with van der Waals surface area (Å²) in [6.07, 6.45) is 0. The van der Waals surface area contributed by atoms with Crippen LogP contribution < -0.4 is 10.9 Å². The van der Waals surface area contributed by atoms with Gasteiger partial charge in [0.1, 0.15) is 5.56 Å². The number of hydrogen-bond donors (Lipinski definition) is 2. The molecule has 0 unspecified atom stereocenters. The predicted molar refractivity (Wildman–Crippen MR) is 103 cm³/mol. The number of amides is 1. The third-order valence-electron chi connectivity index (χ3n) is 4.20. The third kappa shape index (κ3) is 3.92. The largest absolute Gasteiger partial charge is 0.321 e. The first-order valence-corrected chi connectivity index (χ1v) is 8.22. The van der Waals surface area contributed by atoms with Crippen LogP contribution in [-0.2, 0) is 0 Å². The molecule has 3 rings (SSSR count). The molecule has 0 bridgehead atoms. The van der Waals surface area contributed by atoms with E-state index in [1.807, 2.05) is 31.2 Å². The Morgan fingerprint density at radius 1 is 1.04 bits per heavy atom. The van der Waals surface area contributed by atoms with Crippen molar-refractivity contribution in [1.82, 2.24) is 4.98 Å². The molecule has 0 spiro atoms. The molecule has 1 amide bonds. The van der Waals surface area contributed by atoms with Crippen LogP contribution in [0.1, 0.15) is 21.5 Å². The van der Waals surface area contributed by atoms with Crippen LogP contribution in [-0.4, -0.2) is 15.8 Å². The topological polar surface area (TPSA) is 105 Å². The van der Waals surface area contributed by atoms with E-state index in [0.29, 0.717) is 11.3 Å². The lowest BCUT2D eigenvalue weighted by Crippen LogP contribution is -2.23. The number of carbonyl (C=O) groups is 1. The Morgan fingerprint density at radius 3 is 2.37 bits per heavy atom. The summed E-state index contributed by atoms with van der Waals surface area (Å²) >= 11 is 0. The number of benzene rings is 2. The first-order chi connectivity index (χ1) is 12.8. The highest BCUT2D eigenvalue weighted by atomic mass is 16.6. The van der Waals surface area contributed by atoms with E-state index in [4.69, 9.17) is 0 Å². The lowest BCUT2D eigenvalue weighted by molar-refractivity contribution is -0.384. The number of nitrogens with zero attached hydrogens (tertiary/aromatic N) is 1. The SMILES string of the molecule is Cc1ccc(-c2ccc(C(=O)Nc3cc([N+](=O)[O-])ccc3C)c(=O)[nH]2)cc1. The molecule has 136 valence electrons. The molecule has 1 heterocycles. The Bertz CT molecular complexity index is 1090. The quantitative estimate of drug-likeness (QED) is 0.543. The van der Waals surface area contributed by atoms with E-state index in [-0.39, 0.29) is 16.9 Å². The van der Waals surface area contributed by atoms with Crippen molar-refractivity contribution in [1.29, 1.82) is 0 Å². The smallest absolute Gasteiger partial charge is 0.271 e. The average Bonchev–Trinajstić information content (AvgIpc) is 2.63. The number of nitro groups is 1. The number of anilines is 1. The second-order valence-electron chi connectivity index (χ2n) is 6.19. The summed E-state index contributed by atoms with van der Waals surface area (Å²) in [6, 6.07) is 14.9. The van der Waals surface area contributed by atoms with Crippen molar-refractivity contribution in [3.05, 3.63) is 91.8 Å². The van der Waals surface area contributed by atoms with Crippen molar-refractivity contribution < 1.29 is 9.72 Å². The number of nitrogens with one attached hydrogen (secondary N) is 2. The first-order valence-electron chi connectivity index (χ1n) is 8.22. The number of carbonyl (C=O) groups excluding carboxylic acids is 1. The van der Waals surface area contributed by atoms with Gasteiger partial charge in [0.2, 0.25) is 0 Å². The van der Waals surface area contributed by atoms with E-state index in [1.54, 1.807) is 19.1 Å². The summed E-state index contributed by atoms with van der Waals surface area (Å²) in [4.78, 5) is 37.9. The molecule has 0 radical (unpaired) electrons.